The third kappa shape index (κ3) is 3.73. The Balaban J connectivity index is 1.51. The molecule has 1 aliphatic heterocycles. The van der Waals surface area contributed by atoms with E-state index in [2.05, 4.69) is 34.4 Å². The predicted molar refractivity (Wildman–Crippen MR) is 106 cm³/mol. The summed E-state index contributed by atoms with van der Waals surface area (Å²) in [4.78, 5) is 21.0. The van der Waals surface area contributed by atoms with Gasteiger partial charge in [0.25, 0.3) is 5.91 Å². The highest BCUT2D eigenvalue weighted by Gasteiger charge is 2.15. The highest BCUT2D eigenvalue weighted by atomic mass is 16.7. The van der Waals surface area contributed by atoms with Crippen molar-refractivity contribution in [3.05, 3.63) is 66.1 Å². The largest absolute Gasteiger partial charge is 0.454 e. The van der Waals surface area contributed by atoms with Crippen LogP contribution in [0.3, 0.4) is 0 Å². The Morgan fingerprint density at radius 1 is 1.04 bits per heavy atom. The number of anilines is 3. The lowest BCUT2D eigenvalue weighted by Gasteiger charge is -2.13. The van der Waals surface area contributed by atoms with Crippen molar-refractivity contribution in [3.8, 4) is 11.5 Å². The highest BCUT2D eigenvalue weighted by Crippen LogP contribution is 2.35. The molecule has 0 saturated carbocycles. The Kier molecular flexibility index (Phi) is 4.80. The van der Waals surface area contributed by atoms with E-state index in [1.165, 1.54) is 6.33 Å². The number of amides is 1. The quantitative estimate of drug-likeness (QED) is 0.690. The summed E-state index contributed by atoms with van der Waals surface area (Å²) in [5, 5.41) is 6.10. The van der Waals surface area contributed by atoms with Crippen molar-refractivity contribution in [2.45, 2.75) is 19.8 Å². The van der Waals surface area contributed by atoms with Crippen LogP contribution in [0.1, 0.15) is 35.8 Å². The number of fused-ring (bicyclic) bond motifs is 1. The number of hydrogen-bond acceptors (Lipinski definition) is 6. The van der Waals surface area contributed by atoms with Gasteiger partial charge in [-0.3, -0.25) is 4.79 Å². The molecule has 0 atom stereocenters. The standard InChI is InChI=1S/C21H20N4O3/c1-13(2)15-5-3-4-6-16(15)25-21(26)17-10-20(23-11-22-17)24-14-7-8-18-19(9-14)28-12-27-18/h3-11,13H,12H2,1-2H3,(H,25,26)(H,22,23,24). The molecule has 0 saturated heterocycles. The van der Waals surface area contributed by atoms with E-state index >= 15 is 0 Å². The first-order valence-electron chi connectivity index (χ1n) is 8.99. The number of ether oxygens (including phenoxy) is 2. The predicted octanol–water partition coefficient (Wildman–Crippen LogP) is 4.32. The molecule has 2 N–H and O–H groups in total. The van der Waals surface area contributed by atoms with Crippen LogP contribution in [-0.4, -0.2) is 22.7 Å². The minimum atomic E-state index is -0.288. The molecule has 0 unspecified atom stereocenters. The molecule has 0 spiro atoms. The summed E-state index contributed by atoms with van der Waals surface area (Å²) in [5.74, 6) is 1.89. The lowest BCUT2D eigenvalue weighted by atomic mass is 10.0. The van der Waals surface area contributed by atoms with Gasteiger partial charge in [0.1, 0.15) is 17.8 Å². The normalized spacial score (nSPS) is 12.1. The summed E-state index contributed by atoms with van der Waals surface area (Å²) in [6.07, 6.45) is 1.36. The topological polar surface area (TPSA) is 85.4 Å². The van der Waals surface area contributed by atoms with E-state index in [4.69, 9.17) is 9.47 Å². The zero-order valence-electron chi connectivity index (χ0n) is 15.6. The van der Waals surface area contributed by atoms with Gasteiger partial charge in [-0.2, -0.15) is 0 Å². The molecule has 3 aromatic rings. The summed E-state index contributed by atoms with van der Waals surface area (Å²) >= 11 is 0. The number of hydrogen-bond donors (Lipinski definition) is 2. The van der Waals surface area contributed by atoms with E-state index in [1.54, 1.807) is 6.07 Å². The fourth-order valence-corrected chi connectivity index (χ4v) is 2.97. The van der Waals surface area contributed by atoms with E-state index in [9.17, 15) is 4.79 Å². The monoisotopic (exact) mass is 376 g/mol. The van der Waals surface area contributed by atoms with Gasteiger partial charge in [-0.05, 0) is 29.7 Å². The molecule has 1 aromatic heterocycles. The molecule has 1 aliphatic rings. The van der Waals surface area contributed by atoms with E-state index in [0.29, 0.717) is 23.2 Å². The number of carbonyl (C=O) groups is 1. The van der Waals surface area contributed by atoms with Crippen LogP contribution >= 0.6 is 0 Å². The van der Waals surface area contributed by atoms with E-state index < -0.39 is 0 Å². The second-order valence-corrected chi connectivity index (χ2v) is 6.68. The molecule has 4 rings (SSSR count). The summed E-state index contributed by atoms with van der Waals surface area (Å²) in [6, 6.07) is 14.9. The summed E-state index contributed by atoms with van der Waals surface area (Å²) in [7, 11) is 0. The number of benzene rings is 2. The Labute approximate surface area is 162 Å². The van der Waals surface area contributed by atoms with Crippen molar-refractivity contribution >= 4 is 23.1 Å². The maximum absolute atomic E-state index is 12.7. The van der Waals surface area contributed by atoms with E-state index in [1.807, 2.05) is 42.5 Å². The van der Waals surface area contributed by atoms with Gasteiger partial charge in [0.05, 0.1) is 0 Å². The fourth-order valence-electron chi connectivity index (χ4n) is 2.97. The first-order chi connectivity index (χ1) is 13.6. The first kappa shape index (κ1) is 17.8. The minimum Gasteiger partial charge on any atom is -0.454 e. The van der Waals surface area contributed by atoms with Gasteiger partial charge >= 0.3 is 0 Å². The van der Waals surface area contributed by atoms with Gasteiger partial charge in [0.15, 0.2) is 11.5 Å². The van der Waals surface area contributed by atoms with Crippen molar-refractivity contribution in [3.63, 3.8) is 0 Å². The summed E-state index contributed by atoms with van der Waals surface area (Å²) in [5.41, 5.74) is 2.91. The molecule has 2 aromatic carbocycles. The van der Waals surface area contributed by atoms with Crippen LogP contribution in [0.4, 0.5) is 17.2 Å². The molecule has 0 bridgehead atoms. The molecular weight excluding hydrogens is 356 g/mol. The van der Waals surface area contributed by atoms with Crippen LogP contribution in [0.25, 0.3) is 0 Å². The third-order valence-corrected chi connectivity index (χ3v) is 4.38. The Morgan fingerprint density at radius 2 is 1.86 bits per heavy atom. The number of nitrogens with zero attached hydrogens (tertiary/aromatic N) is 2. The number of rotatable bonds is 5. The molecule has 7 heteroatoms. The lowest BCUT2D eigenvalue weighted by molar-refractivity contribution is 0.102. The second-order valence-electron chi connectivity index (χ2n) is 6.68. The maximum atomic E-state index is 12.7. The van der Waals surface area contributed by atoms with Crippen LogP contribution in [0.2, 0.25) is 0 Å². The fraction of sp³-hybridized carbons (Fsp3) is 0.190. The molecule has 7 nitrogen and oxygen atoms in total. The van der Waals surface area contributed by atoms with Gasteiger partial charge in [-0.25, -0.2) is 9.97 Å². The van der Waals surface area contributed by atoms with Gasteiger partial charge in [-0.1, -0.05) is 32.0 Å². The maximum Gasteiger partial charge on any atom is 0.274 e. The van der Waals surface area contributed by atoms with Crippen LogP contribution in [0.5, 0.6) is 11.5 Å². The van der Waals surface area contributed by atoms with Crippen molar-refractivity contribution < 1.29 is 14.3 Å². The van der Waals surface area contributed by atoms with Crippen molar-refractivity contribution in [2.24, 2.45) is 0 Å². The van der Waals surface area contributed by atoms with Crippen LogP contribution < -0.4 is 20.1 Å². The summed E-state index contributed by atoms with van der Waals surface area (Å²) in [6.45, 7) is 4.39. The number of para-hydroxylation sites is 1. The molecule has 142 valence electrons. The molecule has 28 heavy (non-hydrogen) atoms. The van der Waals surface area contributed by atoms with Crippen LogP contribution in [0.15, 0.2) is 54.9 Å². The van der Waals surface area contributed by atoms with Gasteiger partial charge < -0.3 is 20.1 Å². The second kappa shape index (κ2) is 7.56. The Bertz CT molecular complexity index is 1020. The highest BCUT2D eigenvalue weighted by molar-refractivity contribution is 6.03. The average molecular weight is 376 g/mol. The zero-order chi connectivity index (χ0) is 19.5. The van der Waals surface area contributed by atoms with E-state index in [0.717, 1.165) is 16.9 Å². The average Bonchev–Trinajstić information content (AvgIpc) is 3.16. The number of nitrogens with one attached hydrogen (secondary N) is 2. The van der Waals surface area contributed by atoms with Crippen LogP contribution in [0, 0.1) is 0 Å². The van der Waals surface area contributed by atoms with Crippen LogP contribution in [-0.2, 0) is 0 Å². The molecular formula is C21H20N4O3. The van der Waals surface area contributed by atoms with Gasteiger partial charge in [-0.15, -0.1) is 0 Å². The van der Waals surface area contributed by atoms with Gasteiger partial charge in [0.2, 0.25) is 6.79 Å². The molecule has 0 radical (unpaired) electrons. The third-order valence-electron chi connectivity index (χ3n) is 4.38. The van der Waals surface area contributed by atoms with E-state index in [-0.39, 0.29) is 18.4 Å². The zero-order valence-corrected chi connectivity index (χ0v) is 15.6. The summed E-state index contributed by atoms with van der Waals surface area (Å²) < 4.78 is 10.7. The number of carbonyl (C=O) groups excluding carboxylic acids is 1. The first-order valence-corrected chi connectivity index (χ1v) is 8.99. The van der Waals surface area contributed by atoms with Crippen molar-refractivity contribution in [1.29, 1.82) is 0 Å². The molecule has 2 heterocycles. The Hall–Kier alpha value is -3.61. The molecule has 0 aliphatic carbocycles. The number of aromatic nitrogens is 2. The molecule has 1 amide bonds. The minimum absolute atomic E-state index is 0.217. The smallest absolute Gasteiger partial charge is 0.274 e. The van der Waals surface area contributed by atoms with Crippen molar-refractivity contribution in [1.82, 2.24) is 9.97 Å². The SMILES string of the molecule is CC(C)c1ccccc1NC(=O)c1cc(Nc2ccc3c(c2)OCO3)ncn1. The Morgan fingerprint density at radius 3 is 2.71 bits per heavy atom. The molecule has 0 fully saturated rings. The van der Waals surface area contributed by atoms with Crippen molar-refractivity contribution in [2.75, 3.05) is 17.4 Å². The lowest BCUT2D eigenvalue weighted by Crippen LogP contribution is -2.15. The van der Waals surface area contributed by atoms with Gasteiger partial charge in [0, 0.05) is 23.5 Å².